The van der Waals surface area contributed by atoms with E-state index >= 15 is 0 Å². The van der Waals surface area contributed by atoms with Gasteiger partial charge in [-0.3, -0.25) is 4.79 Å². The summed E-state index contributed by atoms with van der Waals surface area (Å²) < 4.78 is 5.52. The molecule has 0 saturated carbocycles. The fourth-order valence-corrected chi connectivity index (χ4v) is 2.60. The number of hydrogen-bond donors (Lipinski definition) is 1. The normalized spacial score (nSPS) is 34.0. The van der Waals surface area contributed by atoms with Crippen molar-refractivity contribution < 1.29 is 9.53 Å². The van der Waals surface area contributed by atoms with Crippen molar-refractivity contribution >= 4 is 18.3 Å². The Hall–Kier alpha value is -0.320. The van der Waals surface area contributed by atoms with Crippen LogP contribution in [-0.4, -0.2) is 49.2 Å². The number of amides is 1. The molecule has 2 rings (SSSR count). The molecule has 2 aliphatic rings. The molecule has 0 aliphatic carbocycles. The van der Waals surface area contributed by atoms with E-state index in [0.29, 0.717) is 12.5 Å². The molecule has 4 nitrogen and oxygen atoms in total. The number of likely N-dealkylation sites (tertiary alicyclic amines) is 1. The molecule has 2 fully saturated rings. The number of carbonyl (C=O) groups is 1. The highest BCUT2D eigenvalue weighted by Crippen LogP contribution is 2.17. The van der Waals surface area contributed by atoms with Gasteiger partial charge in [0.05, 0.1) is 12.7 Å². The van der Waals surface area contributed by atoms with E-state index in [-0.39, 0.29) is 30.5 Å². The first-order chi connectivity index (χ1) is 7.68. The monoisotopic (exact) mass is 262 g/mol. The number of piperidine rings is 1. The van der Waals surface area contributed by atoms with Crippen LogP contribution in [-0.2, 0) is 9.53 Å². The van der Waals surface area contributed by atoms with Crippen LogP contribution in [0, 0.1) is 5.92 Å². The van der Waals surface area contributed by atoms with Crippen molar-refractivity contribution in [3.8, 4) is 0 Å². The molecule has 2 heterocycles. The first-order valence-electron chi connectivity index (χ1n) is 6.32. The Morgan fingerprint density at radius 2 is 2.18 bits per heavy atom. The Kier molecular flexibility index (Phi) is 5.70. The van der Waals surface area contributed by atoms with Crippen LogP contribution in [0.1, 0.15) is 26.7 Å². The summed E-state index contributed by atoms with van der Waals surface area (Å²) in [7, 11) is 0. The number of halogens is 1. The predicted octanol–water partition coefficient (Wildman–Crippen LogP) is 1.04. The second-order valence-electron chi connectivity index (χ2n) is 5.04. The summed E-state index contributed by atoms with van der Waals surface area (Å²) in [6.07, 6.45) is 2.38. The molecule has 0 aromatic heterocycles. The van der Waals surface area contributed by atoms with Crippen molar-refractivity contribution in [3.63, 3.8) is 0 Å². The summed E-state index contributed by atoms with van der Waals surface area (Å²) in [6, 6.07) is -0.140. The van der Waals surface area contributed by atoms with Crippen molar-refractivity contribution in [2.24, 2.45) is 5.92 Å². The molecule has 0 spiro atoms. The molecule has 100 valence electrons. The minimum atomic E-state index is -0.140. The van der Waals surface area contributed by atoms with Crippen LogP contribution >= 0.6 is 12.4 Å². The Bertz CT molecular complexity index is 263. The maximum atomic E-state index is 12.3. The van der Waals surface area contributed by atoms with Crippen LogP contribution in [0.15, 0.2) is 0 Å². The lowest BCUT2D eigenvalue weighted by Gasteiger charge is -2.37. The number of carbonyl (C=O) groups excluding carboxylic acids is 1. The third kappa shape index (κ3) is 3.57. The molecule has 17 heavy (non-hydrogen) atoms. The minimum Gasteiger partial charge on any atom is -0.375 e. The lowest BCUT2D eigenvalue weighted by atomic mass is 9.99. The Labute approximate surface area is 109 Å². The predicted molar refractivity (Wildman–Crippen MR) is 69.4 cm³/mol. The lowest BCUT2D eigenvalue weighted by Crippen LogP contribution is -2.57. The van der Waals surface area contributed by atoms with E-state index in [1.807, 2.05) is 11.8 Å². The van der Waals surface area contributed by atoms with E-state index in [2.05, 4.69) is 12.2 Å². The van der Waals surface area contributed by atoms with Crippen LogP contribution in [0.3, 0.4) is 0 Å². The number of nitrogens with zero attached hydrogens (tertiary/aromatic N) is 1. The SMILES string of the molecule is CC1CCCN(C(=O)[C@H]2NCCO[C@@H]2C)C1.Cl. The number of rotatable bonds is 1. The molecule has 5 heteroatoms. The van der Waals surface area contributed by atoms with Gasteiger partial charge in [0.1, 0.15) is 6.04 Å². The molecule has 0 radical (unpaired) electrons. The molecule has 2 aliphatic heterocycles. The van der Waals surface area contributed by atoms with Gasteiger partial charge in [-0.25, -0.2) is 0 Å². The summed E-state index contributed by atoms with van der Waals surface area (Å²) in [4.78, 5) is 14.3. The van der Waals surface area contributed by atoms with Crippen LogP contribution in [0.5, 0.6) is 0 Å². The summed E-state index contributed by atoms with van der Waals surface area (Å²) >= 11 is 0. The maximum Gasteiger partial charge on any atom is 0.242 e. The highest BCUT2D eigenvalue weighted by atomic mass is 35.5. The van der Waals surface area contributed by atoms with Crippen molar-refractivity contribution in [1.82, 2.24) is 10.2 Å². The number of nitrogens with one attached hydrogen (secondary N) is 1. The first-order valence-corrected chi connectivity index (χ1v) is 6.32. The number of hydrogen-bond acceptors (Lipinski definition) is 3. The Morgan fingerprint density at radius 3 is 2.82 bits per heavy atom. The van der Waals surface area contributed by atoms with E-state index in [1.165, 1.54) is 6.42 Å². The van der Waals surface area contributed by atoms with Crippen LogP contribution in [0.25, 0.3) is 0 Å². The van der Waals surface area contributed by atoms with Gasteiger partial charge >= 0.3 is 0 Å². The molecule has 1 amide bonds. The summed E-state index contributed by atoms with van der Waals surface area (Å²) in [6.45, 7) is 7.50. The molecule has 0 bridgehead atoms. The highest BCUT2D eigenvalue weighted by Gasteiger charge is 2.33. The minimum absolute atomic E-state index is 0. The topological polar surface area (TPSA) is 41.6 Å². The van der Waals surface area contributed by atoms with E-state index in [4.69, 9.17) is 4.74 Å². The van der Waals surface area contributed by atoms with E-state index in [0.717, 1.165) is 26.1 Å². The van der Waals surface area contributed by atoms with Crippen molar-refractivity contribution in [3.05, 3.63) is 0 Å². The van der Waals surface area contributed by atoms with Crippen LogP contribution in [0.4, 0.5) is 0 Å². The largest absolute Gasteiger partial charge is 0.375 e. The average Bonchev–Trinajstić information content (AvgIpc) is 2.29. The van der Waals surface area contributed by atoms with Gasteiger partial charge in [-0.05, 0) is 25.7 Å². The molecule has 0 aromatic carbocycles. The second-order valence-corrected chi connectivity index (χ2v) is 5.04. The summed E-state index contributed by atoms with van der Waals surface area (Å²) in [5.74, 6) is 0.858. The average molecular weight is 263 g/mol. The molecule has 1 unspecified atom stereocenters. The zero-order chi connectivity index (χ0) is 11.5. The molecule has 1 N–H and O–H groups in total. The van der Waals surface area contributed by atoms with Gasteiger partial charge in [-0.15, -0.1) is 12.4 Å². The maximum absolute atomic E-state index is 12.3. The summed E-state index contributed by atoms with van der Waals surface area (Å²) in [5.41, 5.74) is 0. The molecule has 0 aromatic rings. The van der Waals surface area contributed by atoms with Crippen molar-refractivity contribution in [2.75, 3.05) is 26.2 Å². The molecule has 3 atom stereocenters. The quantitative estimate of drug-likeness (QED) is 0.768. The third-order valence-electron chi connectivity index (χ3n) is 3.55. The number of ether oxygens (including phenoxy) is 1. The van der Waals surface area contributed by atoms with Gasteiger partial charge in [-0.1, -0.05) is 6.92 Å². The van der Waals surface area contributed by atoms with Gasteiger partial charge in [0.15, 0.2) is 0 Å². The van der Waals surface area contributed by atoms with Crippen LogP contribution in [0.2, 0.25) is 0 Å². The highest BCUT2D eigenvalue weighted by molar-refractivity contribution is 5.85. The lowest BCUT2D eigenvalue weighted by molar-refractivity contribution is -0.141. The van der Waals surface area contributed by atoms with Gasteiger partial charge in [0, 0.05) is 19.6 Å². The third-order valence-corrected chi connectivity index (χ3v) is 3.55. The Balaban J connectivity index is 0.00000144. The van der Waals surface area contributed by atoms with Crippen LogP contribution < -0.4 is 5.32 Å². The smallest absolute Gasteiger partial charge is 0.242 e. The fourth-order valence-electron chi connectivity index (χ4n) is 2.60. The fraction of sp³-hybridized carbons (Fsp3) is 0.917. The Morgan fingerprint density at radius 1 is 1.41 bits per heavy atom. The standard InChI is InChI=1S/C12H22N2O2.ClH/c1-9-4-3-6-14(8-9)12(15)11-10(2)16-7-5-13-11;/h9-11,13H,3-8H2,1-2H3;1H/t9?,10-,11+;/m1./s1. The number of morpholine rings is 1. The molecular weight excluding hydrogens is 240 g/mol. The zero-order valence-corrected chi connectivity index (χ0v) is 11.5. The molecule has 2 saturated heterocycles. The van der Waals surface area contributed by atoms with Gasteiger partial charge < -0.3 is 15.0 Å². The summed E-state index contributed by atoms with van der Waals surface area (Å²) in [5, 5.41) is 3.26. The van der Waals surface area contributed by atoms with E-state index in [9.17, 15) is 4.79 Å². The van der Waals surface area contributed by atoms with E-state index in [1.54, 1.807) is 0 Å². The zero-order valence-electron chi connectivity index (χ0n) is 10.6. The van der Waals surface area contributed by atoms with E-state index < -0.39 is 0 Å². The second kappa shape index (κ2) is 6.57. The van der Waals surface area contributed by atoms with Crippen molar-refractivity contribution in [1.29, 1.82) is 0 Å². The first kappa shape index (κ1) is 14.7. The molecular formula is C12H23ClN2O2. The van der Waals surface area contributed by atoms with Gasteiger partial charge in [0.2, 0.25) is 5.91 Å². The van der Waals surface area contributed by atoms with Gasteiger partial charge in [0.25, 0.3) is 0 Å². The van der Waals surface area contributed by atoms with Gasteiger partial charge in [-0.2, -0.15) is 0 Å². The van der Waals surface area contributed by atoms with Crippen molar-refractivity contribution in [2.45, 2.75) is 38.8 Å².